The Labute approximate surface area is 103 Å². The lowest BCUT2D eigenvalue weighted by atomic mass is 10.1. The zero-order valence-electron chi connectivity index (χ0n) is 10.0. The van der Waals surface area contributed by atoms with Crippen molar-refractivity contribution in [1.29, 1.82) is 0 Å². The highest BCUT2D eigenvalue weighted by Gasteiger charge is 2.12. The highest BCUT2D eigenvalue weighted by Crippen LogP contribution is 2.20. The van der Waals surface area contributed by atoms with Crippen LogP contribution in [-0.4, -0.2) is 18.0 Å². The molecule has 0 radical (unpaired) electrons. The Bertz CT molecular complexity index is 141. The molecule has 1 fully saturated rings. The lowest BCUT2D eigenvalue weighted by Crippen LogP contribution is -2.14. The van der Waals surface area contributed by atoms with E-state index in [0.717, 1.165) is 17.9 Å². The molecule has 1 aliphatic carbocycles. The van der Waals surface area contributed by atoms with Gasteiger partial charge in [-0.25, -0.2) is 0 Å². The van der Waals surface area contributed by atoms with Crippen LogP contribution in [0.1, 0.15) is 58.3 Å². The van der Waals surface area contributed by atoms with Crippen LogP contribution in [0.4, 0.5) is 0 Å². The molecule has 0 N–H and O–H groups in total. The molecule has 0 bridgehead atoms. The Hall–Kier alpha value is 0.440. The van der Waals surface area contributed by atoms with Crippen molar-refractivity contribution < 1.29 is 4.74 Å². The molecule has 0 amide bonds. The van der Waals surface area contributed by atoms with Crippen molar-refractivity contribution in [3.05, 3.63) is 0 Å². The van der Waals surface area contributed by atoms with E-state index in [9.17, 15) is 0 Å². The molecule has 0 saturated heterocycles. The van der Waals surface area contributed by atoms with E-state index < -0.39 is 0 Å². The Morgan fingerprint density at radius 2 is 1.80 bits per heavy atom. The monoisotopic (exact) mass is 276 g/mol. The zero-order valence-corrected chi connectivity index (χ0v) is 11.6. The van der Waals surface area contributed by atoms with Gasteiger partial charge in [0.15, 0.2) is 0 Å². The topological polar surface area (TPSA) is 9.23 Å². The minimum Gasteiger partial charge on any atom is -0.378 e. The number of hydrogen-bond donors (Lipinski definition) is 0. The maximum absolute atomic E-state index is 5.96. The minimum absolute atomic E-state index is 0.573. The highest BCUT2D eigenvalue weighted by atomic mass is 79.9. The second-order valence-corrected chi connectivity index (χ2v) is 5.65. The molecule has 0 aliphatic heterocycles. The molecule has 90 valence electrons. The van der Waals surface area contributed by atoms with Crippen LogP contribution in [0.5, 0.6) is 0 Å². The number of rotatable bonds is 6. The number of halogens is 1. The Morgan fingerprint density at radius 3 is 2.40 bits per heavy atom. The molecule has 2 heteroatoms. The van der Waals surface area contributed by atoms with Crippen LogP contribution < -0.4 is 0 Å². The molecule has 0 aromatic carbocycles. The van der Waals surface area contributed by atoms with Crippen molar-refractivity contribution >= 4 is 15.9 Å². The summed E-state index contributed by atoms with van der Waals surface area (Å²) in [7, 11) is 0. The van der Waals surface area contributed by atoms with Gasteiger partial charge in [-0.2, -0.15) is 0 Å². The molecule has 0 heterocycles. The summed E-state index contributed by atoms with van der Waals surface area (Å²) in [5.41, 5.74) is 0. The number of ether oxygens (including phenoxy) is 1. The summed E-state index contributed by atoms with van der Waals surface area (Å²) in [5, 5.41) is 1.12. The molecule has 1 saturated carbocycles. The van der Waals surface area contributed by atoms with Crippen molar-refractivity contribution in [2.24, 2.45) is 5.92 Å². The molecule has 0 aromatic heterocycles. The largest absolute Gasteiger partial charge is 0.378 e. The third-order valence-electron chi connectivity index (χ3n) is 3.37. The van der Waals surface area contributed by atoms with E-state index in [0.29, 0.717) is 6.10 Å². The van der Waals surface area contributed by atoms with E-state index in [1.165, 1.54) is 51.4 Å². The van der Waals surface area contributed by atoms with Gasteiger partial charge < -0.3 is 4.74 Å². The molecule has 15 heavy (non-hydrogen) atoms. The zero-order chi connectivity index (χ0) is 10.9. The summed E-state index contributed by atoms with van der Waals surface area (Å²) in [6.45, 7) is 3.29. The first kappa shape index (κ1) is 13.5. The average molecular weight is 277 g/mol. The predicted molar refractivity (Wildman–Crippen MR) is 69.6 cm³/mol. The SMILES string of the molecule is CC(CCBr)CCOC1CCCCCC1. The summed E-state index contributed by atoms with van der Waals surface area (Å²) in [5.74, 6) is 0.801. The minimum atomic E-state index is 0.573. The molecular weight excluding hydrogens is 252 g/mol. The van der Waals surface area contributed by atoms with Gasteiger partial charge >= 0.3 is 0 Å². The van der Waals surface area contributed by atoms with E-state index in [1.54, 1.807) is 0 Å². The van der Waals surface area contributed by atoms with Crippen LogP contribution in [0.25, 0.3) is 0 Å². The molecule has 0 spiro atoms. The van der Waals surface area contributed by atoms with Crippen molar-refractivity contribution in [3.8, 4) is 0 Å². The van der Waals surface area contributed by atoms with Gasteiger partial charge in [0.05, 0.1) is 6.10 Å². The van der Waals surface area contributed by atoms with Gasteiger partial charge in [-0.15, -0.1) is 0 Å². The van der Waals surface area contributed by atoms with Crippen LogP contribution in [0.3, 0.4) is 0 Å². The third-order valence-corrected chi connectivity index (χ3v) is 3.83. The van der Waals surface area contributed by atoms with Gasteiger partial charge in [0.1, 0.15) is 0 Å². The summed E-state index contributed by atoms with van der Waals surface area (Å²) >= 11 is 3.49. The van der Waals surface area contributed by atoms with E-state index >= 15 is 0 Å². The Morgan fingerprint density at radius 1 is 1.13 bits per heavy atom. The van der Waals surface area contributed by atoms with Gasteiger partial charge in [0.25, 0.3) is 0 Å². The second-order valence-electron chi connectivity index (χ2n) is 4.86. The van der Waals surface area contributed by atoms with Gasteiger partial charge in [-0.1, -0.05) is 48.5 Å². The van der Waals surface area contributed by atoms with Crippen molar-refractivity contribution in [3.63, 3.8) is 0 Å². The van der Waals surface area contributed by atoms with Crippen molar-refractivity contribution in [2.75, 3.05) is 11.9 Å². The first-order chi connectivity index (χ1) is 7.33. The smallest absolute Gasteiger partial charge is 0.0575 e. The standard InChI is InChI=1S/C13H25BrO/c1-12(8-10-14)9-11-15-13-6-4-2-3-5-7-13/h12-13H,2-11H2,1H3. The van der Waals surface area contributed by atoms with Gasteiger partial charge in [0.2, 0.25) is 0 Å². The van der Waals surface area contributed by atoms with Crippen LogP contribution >= 0.6 is 15.9 Å². The van der Waals surface area contributed by atoms with Crippen LogP contribution in [-0.2, 0) is 4.74 Å². The molecule has 1 atom stereocenters. The van der Waals surface area contributed by atoms with Crippen LogP contribution in [0.15, 0.2) is 0 Å². The quantitative estimate of drug-likeness (QED) is 0.511. The molecule has 1 unspecified atom stereocenters. The number of hydrogen-bond acceptors (Lipinski definition) is 1. The highest BCUT2D eigenvalue weighted by molar-refractivity contribution is 9.09. The second kappa shape index (κ2) is 8.58. The molecule has 0 aromatic rings. The van der Waals surface area contributed by atoms with E-state index in [2.05, 4.69) is 22.9 Å². The lowest BCUT2D eigenvalue weighted by molar-refractivity contribution is 0.0359. The molecule has 1 aliphatic rings. The Kier molecular flexibility index (Phi) is 7.72. The van der Waals surface area contributed by atoms with Crippen molar-refractivity contribution in [2.45, 2.75) is 64.4 Å². The van der Waals surface area contributed by atoms with Crippen LogP contribution in [0, 0.1) is 5.92 Å². The Balaban J connectivity index is 2.02. The third kappa shape index (κ3) is 6.57. The van der Waals surface area contributed by atoms with E-state index in [-0.39, 0.29) is 0 Å². The fourth-order valence-electron chi connectivity index (χ4n) is 2.18. The van der Waals surface area contributed by atoms with Gasteiger partial charge in [-0.3, -0.25) is 0 Å². The fourth-order valence-corrected chi connectivity index (χ4v) is 2.96. The first-order valence-corrected chi connectivity index (χ1v) is 7.62. The number of alkyl halides is 1. The summed E-state index contributed by atoms with van der Waals surface area (Å²) < 4.78 is 5.96. The van der Waals surface area contributed by atoms with Crippen LogP contribution in [0.2, 0.25) is 0 Å². The van der Waals surface area contributed by atoms with E-state index in [4.69, 9.17) is 4.74 Å². The predicted octanol–water partition coefficient (Wildman–Crippen LogP) is 4.54. The molecular formula is C13H25BrO. The van der Waals surface area contributed by atoms with Gasteiger partial charge in [-0.05, 0) is 31.6 Å². The molecule has 1 rings (SSSR count). The first-order valence-electron chi connectivity index (χ1n) is 6.50. The maximum atomic E-state index is 5.96. The van der Waals surface area contributed by atoms with Gasteiger partial charge in [0, 0.05) is 11.9 Å². The average Bonchev–Trinajstić information content (AvgIpc) is 2.47. The molecule has 1 nitrogen and oxygen atoms in total. The van der Waals surface area contributed by atoms with E-state index in [1.807, 2.05) is 0 Å². The summed E-state index contributed by atoms with van der Waals surface area (Å²) in [6, 6.07) is 0. The lowest BCUT2D eigenvalue weighted by Gasteiger charge is -2.17. The van der Waals surface area contributed by atoms with Crippen molar-refractivity contribution in [1.82, 2.24) is 0 Å². The fraction of sp³-hybridized carbons (Fsp3) is 1.00. The maximum Gasteiger partial charge on any atom is 0.0575 e. The normalized spacial score (nSPS) is 21.2. The summed E-state index contributed by atoms with van der Waals surface area (Å²) in [4.78, 5) is 0. The summed E-state index contributed by atoms with van der Waals surface area (Å²) in [6.07, 6.45) is 11.3.